The van der Waals surface area contributed by atoms with E-state index in [-0.39, 0.29) is 0 Å². The highest BCUT2D eigenvalue weighted by Crippen LogP contribution is 2.09. The molecule has 0 aliphatic heterocycles. The average molecular weight is 401 g/mol. The van der Waals surface area contributed by atoms with Crippen molar-refractivity contribution in [1.29, 1.82) is 0 Å². The van der Waals surface area contributed by atoms with E-state index in [9.17, 15) is 4.79 Å². The van der Waals surface area contributed by atoms with Crippen LogP contribution in [0.2, 0.25) is 0 Å². The molecule has 0 unspecified atom stereocenters. The Morgan fingerprint density at radius 2 is 1.79 bits per heavy atom. The summed E-state index contributed by atoms with van der Waals surface area (Å²) in [7, 11) is 1.70. The molecule has 1 aromatic carbocycles. The number of hydrogen-bond donors (Lipinski definition) is 3. The minimum atomic E-state index is -0.533. The van der Waals surface area contributed by atoms with Crippen LogP contribution in [0.3, 0.4) is 0 Å². The number of benzene rings is 1. The van der Waals surface area contributed by atoms with Crippen LogP contribution in [-0.4, -0.2) is 46.6 Å². The third-order valence-electron chi connectivity index (χ3n) is 3.86. The fraction of sp³-hybridized carbons (Fsp3) is 0.476. The van der Waals surface area contributed by atoms with Crippen LogP contribution in [0.15, 0.2) is 47.6 Å². The van der Waals surface area contributed by atoms with Crippen molar-refractivity contribution < 1.29 is 9.53 Å². The van der Waals surface area contributed by atoms with Gasteiger partial charge in [0.1, 0.15) is 5.60 Å². The molecule has 158 valence electrons. The summed E-state index contributed by atoms with van der Waals surface area (Å²) in [5.74, 6) is 0.623. The zero-order valence-electron chi connectivity index (χ0n) is 18.1. The van der Waals surface area contributed by atoms with Gasteiger partial charge in [-0.1, -0.05) is 18.2 Å². The monoisotopic (exact) mass is 400 g/mol. The lowest BCUT2D eigenvalue weighted by Crippen LogP contribution is -2.54. The predicted octanol–water partition coefficient (Wildman–Crippen LogP) is 2.84. The summed E-state index contributed by atoms with van der Waals surface area (Å²) in [6, 6.07) is 11.9. The summed E-state index contributed by atoms with van der Waals surface area (Å²) in [6.45, 7) is 10.3. The van der Waals surface area contributed by atoms with Gasteiger partial charge in [0.2, 0.25) is 0 Å². The molecular weight excluding hydrogens is 368 g/mol. The molecule has 0 spiro atoms. The first-order valence-corrected chi connectivity index (χ1v) is 9.64. The van der Waals surface area contributed by atoms with Crippen LogP contribution >= 0.6 is 0 Å². The maximum absolute atomic E-state index is 12.0. The van der Waals surface area contributed by atoms with E-state index in [4.69, 9.17) is 4.74 Å². The van der Waals surface area contributed by atoms with Gasteiger partial charge in [0.15, 0.2) is 5.96 Å². The smallest absolute Gasteiger partial charge is 0.408 e. The second-order valence-electron chi connectivity index (χ2n) is 8.38. The van der Waals surface area contributed by atoms with Gasteiger partial charge in [0, 0.05) is 19.8 Å². The zero-order valence-corrected chi connectivity index (χ0v) is 18.1. The van der Waals surface area contributed by atoms with E-state index >= 15 is 0 Å². The predicted molar refractivity (Wildman–Crippen MR) is 115 cm³/mol. The largest absolute Gasteiger partial charge is 0.444 e. The Labute approximate surface area is 172 Å². The Bertz CT molecular complexity index is 821. The van der Waals surface area contributed by atoms with Crippen LogP contribution in [0.25, 0.3) is 5.69 Å². The SMILES string of the molecule is CN=C(NCc1ccn(-c2ccccc2)n1)NCC(C)(C)NC(=O)OC(C)(C)C. The molecule has 2 rings (SSSR count). The third-order valence-corrected chi connectivity index (χ3v) is 3.86. The van der Waals surface area contributed by atoms with Crippen LogP contribution in [0.5, 0.6) is 0 Å². The molecule has 1 amide bonds. The summed E-state index contributed by atoms with van der Waals surface area (Å²) in [5, 5.41) is 13.9. The highest BCUT2D eigenvalue weighted by molar-refractivity contribution is 5.79. The molecule has 0 atom stereocenters. The number of para-hydroxylation sites is 1. The molecule has 8 nitrogen and oxygen atoms in total. The van der Waals surface area contributed by atoms with Crippen LogP contribution in [0.4, 0.5) is 4.79 Å². The van der Waals surface area contributed by atoms with E-state index in [2.05, 4.69) is 26.0 Å². The first-order chi connectivity index (χ1) is 13.6. The Morgan fingerprint density at radius 1 is 1.10 bits per heavy atom. The third kappa shape index (κ3) is 7.85. The summed E-state index contributed by atoms with van der Waals surface area (Å²) < 4.78 is 7.15. The fourth-order valence-corrected chi connectivity index (χ4v) is 2.50. The Balaban J connectivity index is 1.83. The normalized spacial score (nSPS) is 12.4. The number of amides is 1. The Morgan fingerprint density at radius 3 is 2.41 bits per heavy atom. The summed E-state index contributed by atoms with van der Waals surface area (Å²) >= 11 is 0. The van der Waals surface area contributed by atoms with Crippen molar-refractivity contribution in [1.82, 2.24) is 25.7 Å². The molecule has 0 saturated carbocycles. The molecule has 0 fully saturated rings. The topological polar surface area (TPSA) is 92.6 Å². The number of alkyl carbamates (subject to hydrolysis) is 1. The lowest BCUT2D eigenvalue weighted by Gasteiger charge is -2.29. The van der Waals surface area contributed by atoms with E-state index in [1.54, 1.807) is 7.05 Å². The van der Waals surface area contributed by atoms with Crippen molar-refractivity contribution in [3.63, 3.8) is 0 Å². The molecule has 1 heterocycles. The van der Waals surface area contributed by atoms with Crippen molar-refractivity contribution in [2.45, 2.75) is 52.3 Å². The first kappa shape index (κ1) is 22.3. The molecule has 8 heteroatoms. The zero-order chi connectivity index (χ0) is 21.5. The van der Waals surface area contributed by atoms with Gasteiger partial charge in [-0.2, -0.15) is 5.10 Å². The van der Waals surface area contributed by atoms with E-state index < -0.39 is 17.2 Å². The van der Waals surface area contributed by atoms with Gasteiger partial charge < -0.3 is 20.7 Å². The molecule has 0 aliphatic carbocycles. The molecule has 0 saturated heterocycles. The quantitative estimate of drug-likeness (QED) is 0.512. The number of guanidine groups is 1. The molecule has 0 aliphatic rings. The molecule has 29 heavy (non-hydrogen) atoms. The van der Waals surface area contributed by atoms with Crippen molar-refractivity contribution in [3.8, 4) is 5.69 Å². The minimum Gasteiger partial charge on any atom is -0.444 e. The highest BCUT2D eigenvalue weighted by Gasteiger charge is 2.24. The molecule has 2 aromatic rings. The van der Waals surface area contributed by atoms with Crippen LogP contribution in [0, 0.1) is 0 Å². The van der Waals surface area contributed by atoms with Crippen LogP contribution in [0.1, 0.15) is 40.3 Å². The number of aromatic nitrogens is 2. The minimum absolute atomic E-state index is 0.446. The van der Waals surface area contributed by atoms with Gasteiger partial charge in [-0.3, -0.25) is 4.99 Å². The maximum atomic E-state index is 12.0. The van der Waals surface area contributed by atoms with Crippen molar-refractivity contribution in [2.24, 2.45) is 4.99 Å². The van der Waals surface area contributed by atoms with Crippen LogP contribution < -0.4 is 16.0 Å². The van der Waals surface area contributed by atoms with Crippen LogP contribution in [-0.2, 0) is 11.3 Å². The molecule has 0 bridgehead atoms. The van der Waals surface area contributed by atoms with Gasteiger partial charge in [-0.05, 0) is 52.8 Å². The van der Waals surface area contributed by atoms with Gasteiger partial charge in [0.25, 0.3) is 0 Å². The average Bonchev–Trinajstić information content (AvgIpc) is 3.09. The lowest BCUT2D eigenvalue weighted by atomic mass is 10.1. The van der Waals surface area contributed by atoms with E-state index in [1.165, 1.54) is 0 Å². The van der Waals surface area contributed by atoms with Gasteiger partial charge in [-0.15, -0.1) is 0 Å². The van der Waals surface area contributed by atoms with Gasteiger partial charge in [-0.25, -0.2) is 9.48 Å². The molecule has 1 aromatic heterocycles. The maximum Gasteiger partial charge on any atom is 0.408 e. The standard InChI is InChI=1S/C21H32N6O2/c1-20(2,3)29-19(28)25-21(4,5)15-24-18(22-6)23-14-16-12-13-27(26-16)17-10-8-7-9-11-17/h7-13H,14-15H2,1-6H3,(H,25,28)(H2,22,23,24). The second-order valence-corrected chi connectivity index (χ2v) is 8.38. The number of carbonyl (C=O) groups excluding carboxylic acids is 1. The van der Waals surface area contributed by atoms with Crippen molar-refractivity contribution in [3.05, 3.63) is 48.3 Å². The van der Waals surface area contributed by atoms with Gasteiger partial charge in [0.05, 0.1) is 23.5 Å². The summed E-state index contributed by atoms with van der Waals surface area (Å²) in [6.07, 6.45) is 1.48. The Hall–Kier alpha value is -3.03. The number of nitrogens with zero attached hydrogens (tertiary/aromatic N) is 3. The fourth-order valence-electron chi connectivity index (χ4n) is 2.50. The highest BCUT2D eigenvalue weighted by atomic mass is 16.6. The lowest BCUT2D eigenvalue weighted by molar-refractivity contribution is 0.0474. The van der Waals surface area contributed by atoms with Crippen molar-refractivity contribution >= 4 is 12.1 Å². The second kappa shape index (κ2) is 9.45. The van der Waals surface area contributed by atoms with E-state index in [0.717, 1.165) is 11.4 Å². The number of hydrogen-bond acceptors (Lipinski definition) is 4. The summed E-state index contributed by atoms with van der Waals surface area (Å²) in [5.41, 5.74) is 0.850. The number of rotatable bonds is 6. The summed E-state index contributed by atoms with van der Waals surface area (Å²) in [4.78, 5) is 16.2. The molecule has 0 radical (unpaired) electrons. The van der Waals surface area contributed by atoms with E-state index in [1.807, 2.05) is 81.9 Å². The molecular formula is C21H32N6O2. The van der Waals surface area contributed by atoms with Gasteiger partial charge >= 0.3 is 6.09 Å². The number of aliphatic imine (C=N–C) groups is 1. The number of carbonyl (C=O) groups is 1. The number of nitrogens with one attached hydrogen (secondary N) is 3. The number of ether oxygens (including phenoxy) is 1. The Kier molecular flexibility index (Phi) is 7.25. The first-order valence-electron chi connectivity index (χ1n) is 9.64. The molecule has 3 N–H and O–H groups in total. The van der Waals surface area contributed by atoms with Crippen molar-refractivity contribution in [2.75, 3.05) is 13.6 Å². The van der Waals surface area contributed by atoms with E-state index in [0.29, 0.717) is 19.0 Å².